The molecule has 1 aromatic heterocycles. The Morgan fingerprint density at radius 1 is 1.69 bits per heavy atom. The third-order valence-electron chi connectivity index (χ3n) is 2.32. The molecule has 1 aliphatic rings. The zero-order valence-corrected chi connectivity index (χ0v) is 8.86. The molecule has 0 aromatic carbocycles. The van der Waals surface area contributed by atoms with Gasteiger partial charge >= 0.3 is 6.09 Å². The van der Waals surface area contributed by atoms with Gasteiger partial charge in [0.1, 0.15) is 12.2 Å². The molecule has 4 N–H and O–H groups in total. The second-order valence-electron chi connectivity index (χ2n) is 3.73. The second-order valence-corrected chi connectivity index (χ2v) is 3.73. The summed E-state index contributed by atoms with van der Waals surface area (Å²) in [5.41, 5.74) is 0.845. The first-order valence-corrected chi connectivity index (χ1v) is 5.03. The van der Waals surface area contributed by atoms with Crippen molar-refractivity contribution in [2.75, 3.05) is 18.4 Å². The quantitative estimate of drug-likeness (QED) is 0.550. The first-order valence-electron chi connectivity index (χ1n) is 5.03. The van der Waals surface area contributed by atoms with Crippen LogP contribution in [0.2, 0.25) is 0 Å². The van der Waals surface area contributed by atoms with Crippen molar-refractivity contribution in [3.05, 3.63) is 11.8 Å². The van der Waals surface area contributed by atoms with Crippen molar-refractivity contribution in [2.24, 2.45) is 0 Å². The molecule has 1 saturated heterocycles. The Morgan fingerprint density at radius 2 is 2.50 bits per heavy atom. The van der Waals surface area contributed by atoms with Gasteiger partial charge in [-0.05, 0) is 6.92 Å². The SMILES string of the molecule is Cc1cc(NC(=O)O[C@H]2CNCC2O)n[nH]1. The summed E-state index contributed by atoms with van der Waals surface area (Å²) in [6.45, 7) is 2.74. The zero-order valence-electron chi connectivity index (χ0n) is 8.86. The molecule has 0 saturated carbocycles. The Hall–Kier alpha value is -1.60. The van der Waals surface area contributed by atoms with Gasteiger partial charge in [-0.15, -0.1) is 0 Å². The maximum atomic E-state index is 11.4. The van der Waals surface area contributed by atoms with Crippen LogP contribution in [-0.2, 0) is 4.74 Å². The van der Waals surface area contributed by atoms with Crippen LogP contribution in [0.1, 0.15) is 5.69 Å². The van der Waals surface area contributed by atoms with Crippen LogP contribution in [0.4, 0.5) is 10.6 Å². The summed E-state index contributed by atoms with van der Waals surface area (Å²) in [7, 11) is 0. The molecule has 7 nitrogen and oxygen atoms in total. The molecule has 1 fully saturated rings. The Bertz CT molecular complexity index is 379. The van der Waals surface area contributed by atoms with Gasteiger partial charge in [0.25, 0.3) is 0 Å². The number of anilines is 1. The summed E-state index contributed by atoms with van der Waals surface area (Å²) < 4.78 is 5.02. The van der Waals surface area contributed by atoms with Crippen molar-refractivity contribution in [3.8, 4) is 0 Å². The van der Waals surface area contributed by atoms with Crippen molar-refractivity contribution >= 4 is 11.9 Å². The van der Waals surface area contributed by atoms with Gasteiger partial charge in [-0.1, -0.05) is 0 Å². The van der Waals surface area contributed by atoms with Crippen LogP contribution < -0.4 is 10.6 Å². The summed E-state index contributed by atoms with van der Waals surface area (Å²) in [6.07, 6.45) is -1.76. The highest BCUT2D eigenvalue weighted by Crippen LogP contribution is 2.08. The van der Waals surface area contributed by atoms with E-state index in [9.17, 15) is 9.90 Å². The molecule has 1 unspecified atom stereocenters. The normalized spacial score (nSPS) is 24.4. The average molecular weight is 226 g/mol. The highest BCUT2D eigenvalue weighted by Gasteiger charge is 2.28. The number of aryl methyl sites for hydroxylation is 1. The number of β-amino-alcohol motifs (C(OH)–C–C–N with tert-alkyl or cyclic N) is 1. The minimum absolute atomic E-state index is 0.406. The smallest absolute Gasteiger partial charge is 0.413 e. The monoisotopic (exact) mass is 226 g/mol. The third kappa shape index (κ3) is 2.50. The number of aliphatic hydroxyl groups excluding tert-OH is 1. The van der Waals surface area contributed by atoms with E-state index in [4.69, 9.17) is 4.74 Å². The van der Waals surface area contributed by atoms with Crippen LogP contribution in [0, 0.1) is 6.92 Å². The van der Waals surface area contributed by atoms with Crippen LogP contribution in [0.25, 0.3) is 0 Å². The van der Waals surface area contributed by atoms with Gasteiger partial charge in [-0.3, -0.25) is 10.4 Å². The molecular weight excluding hydrogens is 212 g/mol. The predicted molar refractivity (Wildman–Crippen MR) is 56.1 cm³/mol. The molecule has 0 spiro atoms. The van der Waals surface area contributed by atoms with Gasteiger partial charge in [-0.2, -0.15) is 5.10 Å². The fourth-order valence-corrected chi connectivity index (χ4v) is 1.51. The van der Waals surface area contributed by atoms with Crippen molar-refractivity contribution < 1.29 is 14.6 Å². The highest BCUT2D eigenvalue weighted by atomic mass is 16.6. The molecule has 2 heterocycles. The van der Waals surface area contributed by atoms with Crippen molar-refractivity contribution in [1.82, 2.24) is 15.5 Å². The summed E-state index contributed by atoms with van der Waals surface area (Å²) in [4.78, 5) is 11.4. The first kappa shape index (κ1) is 10.9. The molecule has 2 rings (SSSR count). The van der Waals surface area contributed by atoms with E-state index < -0.39 is 18.3 Å². The minimum Gasteiger partial charge on any atom is -0.442 e. The largest absolute Gasteiger partial charge is 0.442 e. The lowest BCUT2D eigenvalue weighted by atomic mass is 10.3. The first-order chi connectivity index (χ1) is 7.65. The number of hydrogen-bond donors (Lipinski definition) is 4. The molecule has 16 heavy (non-hydrogen) atoms. The number of aromatic amines is 1. The van der Waals surface area contributed by atoms with Crippen LogP contribution in [0.5, 0.6) is 0 Å². The Morgan fingerprint density at radius 3 is 3.06 bits per heavy atom. The predicted octanol–water partition coefficient (Wildman–Crippen LogP) is -0.401. The molecule has 0 aliphatic carbocycles. The standard InChI is InChI=1S/C9H14N4O3/c1-5-2-8(13-12-5)11-9(15)16-7-4-10-3-6(7)14/h2,6-7,10,14H,3-4H2,1H3,(H2,11,12,13,15)/t6?,7-/m0/s1. The van der Waals surface area contributed by atoms with Crippen LogP contribution in [0.15, 0.2) is 6.07 Å². The van der Waals surface area contributed by atoms with Crippen molar-refractivity contribution in [1.29, 1.82) is 0 Å². The number of hydrogen-bond acceptors (Lipinski definition) is 5. The maximum absolute atomic E-state index is 11.4. The van der Waals surface area contributed by atoms with Gasteiger partial charge in [0.05, 0.1) is 0 Å². The second kappa shape index (κ2) is 4.50. The molecule has 7 heteroatoms. The van der Waals surface area contributed by atoms with E-state index >= 15 is 0 Å². The molecular formula is C9H14N4O3. The fraction of sp³-hybridized carbons (Fsp3) is 0.556. The molecule has 88 valence electrons. The van der Waals surface area contributed by atoms with E-state index in [0.29, 0.717) is 18.9 Å². The van der Waals surface area contributed by atoms with Gasteiger partial charge < -0.3 is 15.2 Å². The Labute approximate surface area is 92.2 Å². The minimum atomic E-state index is -0.647. The summed E-state index contributed by atoms with van der Waals surface area (Å²) in [6, 6.07) is 1.69. The van der Waals surface area contributed by atoms with Crippen LogP contribution in [0.3, 0.4) is 0 Å². The van der Waals surface area contributed by atoms with Gasteiger partial charge in [0.15, 0.2) is 5.82 Å². The molecule has 2 atom stereocenters. The van der Waals surface area contributed by atoms with E-state index in [1.807, 2.05) is 6.92 Å². The van der Waals surface area contributed by atoms with Crippen molar-refractivity contribution in [3.63, 3.8) is 0 Å². The summed E-state index contributed by atoms with van der Waals surface area (Å²) in [5.74, 6) is 0.406. The summed E-state index contributed by atoms with van der Waals surface area (Å²) in [5, 5.41) is 21.3. The van der Waals surface area contributed by atoms with Crippen molar-refractivity contribution in [2.45, 2.75) is 19.1 Å². The van der Waals surface area contributed by atoms with E-state index in [2.05, 4.69) is 20.8 Å². The maximum Gasteiger partial charge on any atom is 0.413 e. The van der Waals surface area contributed by atoms with E-state index in [0.717, 1.165) is 5.69 Å². The number of carbonyl (C=O) groups excluding carboxylic acids is 1. The number of aliphatic hydroxyl groups is 1. The molecule has 1 amide bonds. The molecule has 0 bridgehead atoms. The van der Waals surface area contributed by atoms with Gasteiger partial charge in [0.2, 0.25) is 0 Å². The van der Waals surface area contributed by atoms with E-state index in [1.165, 1.54) is 0 Å². The van der Waals surface area contributed by atoms with E-state index in [1.54, 1.807) is 6.07 Å². The highest BCUT2D eigenvalue weighted by molar-refractivity contribution is 5.83. The lowest BCUT2D eigenvalue weighted by Crippen LogP contribution is -2.31. The number of ether oxygens (including phenoxy) is 1. The molecule has 0 radical (unpaired) electrons. The third-order valence-corrected chi connectivity index (χ3v) is 2.32. The fourth-order valence-electron chi connectivity index (χ4n) is 1.51. The zero-order chi connectivity index (χ0) is 11.5. The lowest BCUT2D eigenvalue weighted by molar-refractivity contribution is 0.0398. The lowest BCUT2D eigenvalue weighted by Gasteiger charge is -2.14. The molecule has 1 aromatic rings. The number of nitrogens with zero attached hydrogens (tertiary/aromatic N) is 1. The van der Waals surface area contributed by atoms with Gasteiger partial charge in [-0.25, -0.2) is 4.79 Å². The number of carbonyl (C=O) groups is 1. The van der Waals surface area contributed by atoms with Crippen LogP contribution in [-0.4, -0.2) is 46.7 Å². The van der Waals surface area contributed by atoms with Gasteiger partial charge in [0, 0.05) is 24.8 Å². The topological polar surface area (TPSA) is 99.3 Å². The Balaban J connectivity index is 1.84. The Kier molecular flexibility index (Phi) is 3.07. The van der Waals surface area contributed by atoms with Crippen LogP contribution >= 0.6 is 0 Å². The number of aromatic nitrogens is 2. The van der Waals surface area contributed by atoms with E-state index in [-0.39, 0.29) is 0 Å². The number of H-pyrrole nitrogens is 1. The number of amides is 1. The number of rotatable bonds is 2. The average Bonchev–Trinajstić information content (AvgIpc) is 2.77. The molecule has 1 aliphatic heterocycles. The summed E-state index contributed by atoms with van der Waals surface area (Å²) >= 11 is 0. The number of nitrogens with one attached hydrogen (secondary N) is 3.